The Labute approximate surface area is 174 Å². The van der Waals surface area contributed by atoms with Crippen molar-refractivity contribution < 1.29 is 4.42 Å². The lowest BCUT2D eigenvalue weighted by atomic mass is 10.2. The minimum absolute atomic E-state index is 0.221. The van der Waals surface area contributed by atoms with Gasteiger partial charge in [0.15, 0.2) is 5.09 Å². The highest BCUT2D eigenvalue weighted by atomic mass is 79.9. The maximum atomic E-state index is 12.8. The third-order valence-corrected chi connectivity index (χ3v) is 5.53. The number of furan rings is 1. The van der Waals surface area contributed by atoms with Gasteiger partial charge in [0.1, 0.15) is 11.6 Å². The van der Waals surface area contributed by atoms with E-state index in [1.54, 1.807) is 13.0 Å². The molecule has 28 heavy (non-hydrogen) atoms. The van der Waals surface area contributed by atoms with Gasteiger partial charge in [-0.1, -0.05) is 45.4 Å². The minimum Gasteiger partial charge on any atom is -0.448 e. The number of rotatable bonds is 4. The minimum atomic E-state index is -0.221. The Bertz CT molecular complexity index is 1240. The van der Waals surface area contributed by atoms with Crippen LogP contribution in [0, 0.1) is 13.8 Å². The number of benzene rings is 2. The van der Waals surface area contributed by atoms with E-state index in [9.17, 15) is 4.79 Å². The molecular weight excluding hydrogens is 438 g/mol. The summed E-state index contributed by atoms with van der Waals surface area (Å²) in [6.45, 7) is 3.81. The second-order valence-corrected chi connectivity index (χ2v) is 8.25. The molecular formula is C21H16BrN3O2S. The Hall–Kier alpha value is -2.64. The first-order valence-corrected chi connectivity index (χ1v) is 10.2. The molecule has 0 atom stereocenters. The van der Waals surface area contributed by atoms with Crippen molar-refractivity contribution in [3.63, 3.8) is 0 Å². The molecule has 0 aliphatic heterocycles. The molecule has 140 valence electrons. The molecule has 0 aliphatic rings. The number of hydrogen-bond donors (Lipinski definition) is 0. The van der Waals surface area contributed by atoms with E-state index < -0.39 is 0 Å². The first-order valence-electron chi connectivity index (χ1n) is 8.57. The SMILES string of the molecule is Cc1ccc(Sc2ccc(C=Nn3c(C)nc4ccc(Br)cc4c3=O)o2)cc1. The van der Waals surface area contributed by atoms with E-state index in [0.29, 0.717) is 22.5 Å². The number of halogens is 1. The molecule has 0 N–H and O–H groups in total. The average molecular weight is 454 g/mol. The zero-order chi connectivity index (χ0) is 19.7. The molecule has 0 saturated carbocycles. The molecule has 0 radical (unpaired) electrons. The van der Waals surface area contributed by atoms with Crippen molar-refractivity contribution in [2.24, 2.45) is 5.10 Å². The summed E-state index contributed by atoms with van der Waals surface area (Å²) in [5.74, 6) is 1.08. The van der Waals surface area contributed by atoms with Crippen LogP contribution in [0.15, 0.2) is 83.4 Å². The van der Waals surface area contributed by atoms with E-state index in [0.717, 1.165) is 14.5 Å². The predicted octanol–water partition coefficient (Wildman–Crippen LogP) is 5.40. The van der Waals surface area contributed by atoms with Gasteiger partial charge in [0.25, 0.3) is 5.56 Å². The number of nitrogens with zero attached hydrogens (tertiary/aromatic N) is 3. The second kappa shape index (κ2) is 7.77. The van der Waals surface area contributed by atoms with Crippen LogP contribution in [-0.2, 0) is 0 Å². The Kier molecular flexibility index (Phi) is 5.19. The molecule has 0 saturated heterocycles. The van der Waals surface area contributed by atoms with Crippen LogP contribution in [0.4, 0.5) is 0 Å². The molecule has 2 heterocycles. The van der Waals surface area contributed by atoms with Gasteiger partial charge < -0.3 is 4.42 Å². The van der Waals surface area contributed by atoms with Crippen molar-refractivity contribution in [3.8, 4) is 0 Å². The summed E-state index contributed by atoms with van der Waals surface area (Å²) >= 11 is 4.92. The molecule has 5 nitrogen and oxygen atoms in total. The second-order valence-electron chi connectivity index (χ2n) is 6.25. The molecule has 4 aromatic rings. The zero-order valence-corrected chi connectivity index (χ0v) is 17.6. The number of fused-ring (bicyclic) bond motifs is 1. The Morgan fingerprint density at radius 3 is 2.68 bits per heavy atom. The van der Waals surface area contributed by atoms with Crippen LogP contribution in [0.1, 0.15) is 17.1 Å². The first-order chi connectivity index (χ1) is 13.5. The standard InChI is InChI=1S/C21H16BrN3O2S/c1-13-3-7-17(8-4-13)28-20-10-6-16(27-20)12-23-25-14(2)24-19-9-5-15(22)11-18(19)21(25)26/h3-12H,1-2H3. The van der Waals surface area contributed by atoms with Gasteiger partial charge in [-0.3, -0.25) is 4.79 Å². The van der Waals surface area contributed by atoms with E-state index in [2.05, 4.69) is 57.2 Å². The smallest absolute Gasteiger partial charge is 0.282 e. The van der Waals surface area contributed by atoms with E-state index in [1.807, 2.05) is 24.3 Å². The van der Waals surface area contributed by atoms with E-state index in [-0.39, 0.29) is 5.56 Å². The van der Waals surface area contributed by atoms with Crippen LogP contribution in [0.3, 0.4) is 0 Å². The summed E-state index contributed by atoms with van der Waals surface area (Å²) in [7, 11) is 0. The Balaban J connectivity index is 1.60. The van der Waals surface area contributed by atoms with Gasteiger partial charge in [0, 0.05) is 9.37 Å². The van der Waals surface area contributed by atoms with Crippen molar-refractivity contribution in [1.29, 1.82) is 0 Å². The monoisotopic (exact) mass is 453 g/mol. The van der Waals surface area contributed by atoms with Crippen LogP contribution in [-0.4, -0.2) is 15.9 Å². The zero-order valence-electron chi connectivity index (χ0n) is 15.2. The lowest BCUT2D eigenvalue weighted by Gasteiger charge is -2.05. The summed E-state index contributed by atoms with van der Waals surface area (Å²) < 4.78 is 7.90. The highest BCUT2D eigenvalue weighted by Gasteiger charge is 2.08. The van der Waals surface area contributed by atoms with E-state index >= 15 is 0 Å². The van der Waals surface area contributed by atoms with Gasteiger partial charge >= 0.3 is 0 Å². The van der Waals surface area contributed by atoms with Gasteiger partial charge in [-0.05, 0) is 56.3 Å². The van der Waals surface area contributed by atoms with Gasteiger partial charge in [-0.15, -0.1) is 0 Å². The van der Waals surface area contributed by atoms with Crippen molar-refractivity contribution in [1.82, 2.24) is 9.66 Å². The molecule has 0 fully saturated rings. The fourth-order valence-electron chi connectivity index (χ4n) is 2.69. The lowest BCUT2D eigenvalue weighted by molar-refractivity contribution is 0.468. The average Bonchev–Trinajstić information content (AvgIpc) is 3.11. The van der Waals surface area contributed by atoms with E-state index in [1.165, 1.54) is 28.2 Å². The fourth-order valence-corrected chi connectivity index (χ4v) is 3.83. The van der Waals surface area contributed by atoms with Crippen molar-refractivity contribution in [2.75, 3.05) is 0 Å². The topological polar surface area (TPSA) is 60.4 Å². The quantitative estimate of drug-likeness (QED) is 0.388. The summed E-state index contributed by atoms with van der Waals surface area (Å²) in [6, 6.07) is 17.4. The molecule has 0 amide bonds. The van der Waals surface area contributed by atoms with E-state index in [4.69, 9.17) is 4.42 Å². The summed E-state index contributed by atoms with van der Waals surface area (Å²) in [4.78, 5) is 18.3. The Morgan fingerprint density at radius 2 is 1.89 bits per heavy atom. The van der Waals surface area contributed by atoms with Gasteiger partial charge in [0.2, 0.25) is 0 Å². The molecule has 2 aromatic heterocycles. The summed E-state index contributed by atoms with van der Waals surface area (Å²) in [6.07, 6.45) is 1.53. The number of aryl methyl sites for hydroxylation is 2. The van der Waals surface area contributed by atoms with Gasteiger partial charge in [-0.2, -0.15) is 9.78 Å². The number of hydrogen-bond acceptors (Lipinski definition) is 5. The largest absolute Gasteiger partial charge is 0.448 e. The molecule has 2 aromatic carbocycles. The van der Waals surface area contributed by atoms with Crippen LogP contribution in [0.2, 0.25) is 0 Å². The maximum absolute atomic E-state index is 12.8. The molecule has 0 unspecified atom stereocenters. The van der Waals surface area contributed by atoms with Crippen molar-refractivity contribution >= 4 is 44.8 Å². The van der Waals surface area contributed by atoms with Crippen molar-refractivity contribution in [3.05, 3.63) is 86.6 Å². The maximum Gasteiger partial charge on any atom is 0.282 e. The van der Waals surface area contributed by atoms with Crippen molar-refractivity contribution in [2.45, 2.75) is 23.8 Å². The van der Waals surface area contributed by atoms with Gasteiger partial charge in [-0.25, -0.2) is 4.98 Å². The first kappa shape index (κ1) is 18.7. The summed E-state index contributed by atoms with van der Waals surface area (Å²) in [5, 5.41) is 5.55. The van der Waals surface area contributed by atoms with Crippen LogP contribution < -0.4 is 5.56 Å². The highest BCUT2D eigenvalue weighted by molar-refractivity contribution is 9.10. The van der Waals surface area contributed by atoms with Crippen LogP contribution in [0.5, 0.6) is 0 Å². The highest BCUT2D eigenvalue weighted by Crippen LogP contribution is 2.29. The predicted molar refractivity (Wildman–Crippen MR) is 115 cm³/mol. The molecule has 0 bridgehead atoms. The number of aromatic nitrogens is 2. The lowest BCUT2D eigenvalue weighted by Crippen LogP contribution is -2.20. The molecule has 7 heteroatoms. The van der Waals surface area contributed by atoms with Crippen LogP contribution >= 0.6 is 27.7 Å². The molecule has 0 aliphatic carbocycles. The molecule has 0 spiro atoms. The third-order valence-electron chi connectivity index (χ3n) is 4.11. The van der Waals surface area contributed by atoms with Gasteiger partial charge in [0.05, 0.1) is 17.1 Å². The van der Waals surface area contributed by atoms with Crippen LogP contribution in [0.25, 0.3) is 10.9 Å². The fraction of sp³-hybridized carbons (Fsp3) is 0.0952. The third kappa shape index (κ3) is 3.95. The Morgan fingerprint density at radius 1 is 1.11 bits per heavy atom. The molecule has 4 rings (SSSR count). The summed E-state index contributed by atoms with van der Waals surface area (Å²) in [5.41, 5.74) is 1.64. The normalized spacial score (nSPS) is 11.5.